The van der Waals surface area contributed by atoms with Crippen molar-refractivity contribution < 1.29 is 0 Å². The Kier molecular flexibility index (Phi) is 2.42. The summed E-state index contributed by atoms with van der Waals surface area (Å²) in [5.74, 6) is 1.11. The predicted octanol–water partition coefficient (Wildman–Crippen LogP) is 2.61. The quantitative estimate of drug-likeness (QED) is 0.889. The molecule has 1 aliphatic rings. The van der Waals surface area contributed by atoms with Crippen LogP contribution in [0.1, 0.15) is 25.1 Å². The van der Waals surface area contributed by atoms with Gasteiger partial charge in [-0.1, -0.05) is 18.0 Å². The Bertz CT molecular complexity index is 564. The van der Waals surface area contributed by atoms with Gasteiger partial charge in [0.15, 0.2) is 0 Å². The van der Waals surface area contributed by atoms with Crippen LogP contribution in [0.25, 0.3) is 11.0 Å². The Hall–Kier alpha value is -1.06. The first-order chi connectivity index (χ1) is 8.16. The molecule has 1 fully saturated rings. The van der Waals surface area contributed by atoms with Gasteiger partial charge in [-0.25, -0.2) is 4.98 Å². The molecule has 1 heterocycles. The van der Waals surface area contributed by atoms with Crippen molar-refractivity contribution in [3.8, 4) is 0 Å². The molecule has 0 spiro atoms. The van der Waals surface area contributed by atoms with Crippen molar-refractivity contribution in [2.24, 2.45) is 12.8 Å². The van der Waals surface area contributed by atoms with Gasteiger partial charge in [-0.2, -0.15) is 0 Å². The number of hydrogen-bond donors (Lipinski definition) is 1. The second kappa shape index (κ2) is 3.72. The molecule has 90 valence electrons. The first kappa shape index (κ1) is 11.1. The minimum Gasteiger partial charge on any atom is -0.331 e. The van der Waals surface area contributed by atoms with Crippen LogP contribution in [0.3, 0.4) is 0 Å². The van der Waals surface area contributed by atoms with E-state index in [0.29, 0.717) is 6.54 Å². The number of imidazole rings is 1. The molecule has 0 atom stereocenters. The van der Waals surface area contributed by atoms with Crippen LogP contribution in [0.5, 0.6) is 0 Å². The number of rotatable bonds is 2. The third-order valence-electron chi connectivity index (χ3n) is 4.02. The Labute approximate surface area is 106 Å². The van der Waals surface area contributed by atoms with Crippen molar-refractivity contribution in [1.29, 1.82) is 0 Å². The van der Waals surface area contributed by atoms with Crippen LogP contribution < -0.4 is 5.73 Å². The Morgan fingerprint density at radius 3 is 2.82 bits per heavy atom. The van der Waals surface area contributed by atoms with Gasteiger partial charge in [0.25, 0.3) is 0 Å². The van der Waals surface area contributed by atoms with E-state index in [0.717, 1.165) is 34.7 Å². The van der Waals surface area contributed by atoms with E-state index in [9.17, 15) is 0 Å². The Balaban J connectivity index is 2.20. The normalized spacial score (nSPS) is 18.3. The lowest BCUT2D eigenvalue weighted by molar-refractivity contribution is 0.233. The predicted molar refractivity (Wildman–Crippen MR) is 70.3 cm³/mol. The zero-order chi connectivity index (χ0) is 12.0. The molecule has 0 saturated heterocycles. The molecule has 2 N–H and O–H groups in total. The van der Waals surface area contributed by atoms with Crippen LogP contribution >= 0.6 is 11.6 Å². The lowest BCUT2D eigenvalue weighted by Gasteiger charge is -2.40. The van der Waals surface area contributed by atoms with Crippen molar-refractivity contribution in [1.82, 2.24) is 9.55 Å². The largest absolute Gasteiger partial charge is 0.331 e. The van der Waals surface area contributed by atoms with E-state index in [1.54, 1.807) is 0 Å². The van der Waals surface area contributed by atoms with E-state index in [1.807, 2.05) is 18.2 Å². The molecule has 17 heavy (non-hydrogen) atoms. The molecule has 1 aromatic heterocycles. The Morgan fingerprint density at radius 2 is 2.24 bits per heavy atom. The van der Waals surface area contributed by atoms with Gasteiger partial charge in [0.05, 0.1) is 11.0 Å². The van der Waals surface area contributed by atoms with Crippen LogP contribution in [0.4, 0.5) is 0 Å². The molecule has 1 aromatic carbocycles. The molecule has 0 bridgehead atoms. The van der Waals surface area contributed by atoms with Gasteiger partial charge >= 0.3 is 0 Å². The van der Waals surface area contributed by atoms with Crippen LogP contribution in [0.2, 0.25) is 5.02 Å². The molecule has 2 aromatic rings. The highest BCUT2D eigenvalue weighted by Gasteiger charge is 2.41. The van der Waals surface area contributed by atoms with Gasteiger partial charge in [0, 0.05) is 24.0 Å². The van der Waals surface area contributed by atoms with Gasteiger partial charge in [-0.3, -0.25) is 0 Å². The number of benzene rings is 1. The van der Waals surface area contributed by atoms with Gasteiger partial charge < -0.3 is 10.3 Å². The number of hydrogen-bond acceptors (Lipinski definition) is 2. The fourth-order valence-electron chi connectivity index (χ4n) is 2.77. The van der Waals surface area contributed by atoms with Crippen LogP contribution in [-0.4, -0.2) is 16.1 Å². The molecule has 3 nitrogen and oxygen atoms in total. The minimum atomic E-state index is 0.0975. The van der Waals surface area contributed by atoms with E-state index in [4.69, 9.17) is 22.3 Å². The number of nitrogens with zero attached hydrogens (tertiary/aromatic N) is 2. The highest BCUT2D eigenvalue weighted by atomic mass is 35.5. The molecule has 4 heteroatoms. The van der Waals surface area contributed by atoms with E-state index in [2.05, 4.69) is 11.6 Å². The van der Waals surface area contributed by atoms with E-state index < -0.39 is 0 Å². The van der Waals surface area contributed by atoms with Crippen LogP contribution in [0, 0.1) is 0 Å². The zero-order valence-electron chi connectivity index (χ0n) is 9.91. The molecule has 0 aliphatic heterocycles. The summed E-state index contributed by atoms with van der Waals surface area (Å²) in [5, 5.41) is 0.734. The summed E-state index contributed by atoms with van der Waals surface area (Å²) in [6, 6.07) is 5.85. The molecule has 0 amide bonds. The first-order valence-electron chi connectivity index (χ1n) is 5.99. The van der Waals surface area contributed by atoms with Gasteiger partial charge in [-0.15, -0.1) is 0 Å². The fraction of sp³-hybridized carbons (Fsp3) is 0.462. The van der Waals surface area contributed by atoms with Crippen molar-refractivity contribution in [2.75, 3.05) is 6.54 Å². The second-order valence-electron chi connectivity index (χ2n) is 4.97. The SMILES string of the molecule is Cn1c(C2(CN)CCC2)nc2cc(Cl)ccc21. The number of fused-ring (bicyclic) bond motifs is 1. The highest BCUT2D eigenvalue weighted by Crippen LogP contribution is 2.43. The lowest BCUT2D eigenvalue weighted by atomic mass is 9.68. The van der Waals surface area contributed by atoms with E-state index >= 15 is 0 Å². The molecule has 0 radical (unpaired) electrons. The summed E-state index contributed by atoms with van der Waals surface area (Å²) in [4.78, 5) is 4.74. The maximum absolute atomic E-state index is 6.00. The van der Waals surface area contributed by atoms with Gasteiger partial charge in [0.2, 0.25) is 0 Å². The first-order valence-corrected chi connectivity index (χ1v) is 6.37. The number of aromatic nitrogens is 2. The molecule has 0 unspecified atom stereocenters. The molecular weight excluding hydrogens is 234 g/mol. The molecule has 1 saturated carbocycles. The maximum Gasteiger partial charge on any atom is 0.117 e. The van der Waals surface area contributed by atoms with Crippen molar-refractivity contribution in [2.45, 2.75) is 24.7 Å². The van der Waals surface area contributed by atoms with E-state index in [1.165, 1.54) is 6.42 Å². The van der Waals surface area contributed by atoms with Crippen molar-refractivity contribution >= 4 is 22.6 Å². The summed E-state index contributed by atoms with van der Waals surface area (Å²) in [6.07, 6.45) is 3.55. The van der Waals surface area contributed by atoms with E-state index in [-0.39, 0.29) is 5.41 Å². The average Bonchev–Trinajstić information content (AvgIpc) is 2.56. The second-order valence-corrected chi connectivity index (χ2v) is 5.40. The van der Waals surface area contributed by atoms with Crippen LogP contribution in [0.15, 0.2) is 18.2 Å². The smallest absolute Gasteiger partial charge is 0.117 e. The summed E-state index contributed by atoms with van der Waals surface area (Å²) in [6.45, 7) is 0.678. The minimum absolute atomic E-state index is 0.0975. The number of nitrogens with two attached hydrogens (primary N) is 1. The standard InChI is InChI=1S/C13H16ClN3/c1-17-11-4-3-9(14)7-10(11)16-12(17)13(8-15)5-2-6-13/h3-4,7H,2,5-6,8,15H2,1H3. The Morgan fingerprint density at radius 1 is 1.47 bits per heavy atom. The van der Waals surface area contributed by atoms with Gasteiger partial charge in [-0.05, 0) is 31.0 Å². The van der Waals surface area contributed by atoms with Crippen molar-refractivity contribution in [3.05, 3.63) is 29.0 Å². The summed E-state index contributed by atoms with van der Waals surface area (Å²) < 4.78 is 2.16. The highest BCUT2D eigenvalue weighted by molar-refractivity contribution is 6.31. The third kappa shape index (κ3) is 1.49. The molecule has 1 aliphatic carbocycles. The fourth-order valence-corrected chi connectivity index (χ4v) is 2.94. The van der Waals surface area contributed by atoms with Crippen LogP contribution in [-0.2, 0) is 12.5 Å². The monoisotopic (exact) mass is 249 g/mol. The summed E-state index contributed by atoms with van der Waals surface area (Å²) >= 11 is 6.00. The van der Waals surface area contributed by atoms with Gasteiger partial charge in [0.1, 0.15) is 5.82 Å². The number of aryl methyl sites for hydroxylation is 1. The third-order valence-corrected chi connectivity index (χ3v) is 4.25. The summed E-state index contributed by atoms with van der Waals surface area (Å²) in [5.41, 5.74) is 8.14. The zero-order valence-corrected chi connectivity index (χ0v) is 10.7. The maximum atomic E-state index is 6.00. The summed E-state index contributed by atoms with van der Waals surface area (Å²) in [7, 11) is 2.06. The molecule has 3 rings (SSSR count). The number of halogens is 1. The lowest BCUT2D eigenvalue weighted by Crippen LogP contribution is -2.43. The van der Waals surface area contributed by atoms with Crippen molar-refractivity contribution in [3.63, 3.8) is 0 Å². The molecular formula is C13H16ClN3. The topological polar surface area (TPSA) is 43.8 Å². The average molecular weight is 250 g/mol.